The number of rotatable bonds is 3. The van der Waals surface area contributed by atoms with Gasteiger partial charge in [0.2, 0.25) is 0 Å². The maximum atomic E-state index is 8.88. The molecule has 1 aromatic carbocycles. The highest BCUT2D eigenvalue weighted by Crippen LogP contribution is 2.25. The smallest absolute Gasteiger partial charge is 0.0992 e. The number of nitriles is 1. The molecule has 0 fully saturated rings. The molecule has 0 atom stereocenters. The van der Waals surface area contributed by atoms with Gasteiger partial charge in [-0.3, -0.25) is 0 Å². The van der Waals surface area contributed by atoms with Crippen molar-refractivity contribution >= 4 is 48.9 Å². The summed E-state index contributed by atoms with van der Waals surface area (Å²) in [6.45, 7) is 0.750. The van der Waals surface area contributed by atoms with Crippen molar-refractivity contribution in [3.63, 3.8) is 0 Å². The van der Waals surface area contributed by atoms with Crippen molar-refractivity contribution in [2.75, 3.05) is 5.32 Å². The molecule has 0 spiro atoms. The van der Waals surface area contributed by atoms with Crippen LogP contribution >= 0.6 is 43.2 Å². The van der Waals surface area contributed by atoms with E-state index in [1.54, 1.807) is 17.4 Å². The minimum Gasteiger partial charge on any atom is -0.380 e. The number of halogens is 2. The van der Waals surface area contributed by atoms with Gasteiger partial charge in [-0.2, -0.15) is 5.26 Å². The van der Waals surface area contributed by atoms with E-state index in [9.17, 15) is 0 Å². The van der Waals surface area contributed by atoms with Crippen molar-refractivity contribution in [2.24, 2.45) is 0 Å². The minimum absolute atomic E-state index is 0.645. The van der Waals surface area contributed by atoms with E-state index in [0.29, 0.717) is 5.56 Å². The largest absolute Gasteiger partial charge is 0.380 e. The second-order valence-electron chi connectivity index (χ2n) is 3.39. The monoisotopic (exact) mass is 370 g/mol. The summed E-state index contributed by atoms with van der Waals surface area (Å²) >= 11 is 8.58. The predicted octanol–water partition coefficient (Wildman–Crippen LogP) is 4.76. The summed E-state index contributed by atoms with van der Waals surface area (Å²) in [4.78, 5) is 1.24. The summed E-state index contributed by atoms with van der Waals surface area (Å²) in [6.07, 6.45) is 0. The quantitative estimate of drug-likeness (QED) is 0.844. The predicted molar refractivity (Wildman–Crippen MR) is 78.2 cm³/mol. The van der Waals surface area contributed by atoms with Crippen molar-refractivity contribution in [1.29, 1.82) is 5.26 Å². The van der Waals surface area contributed by atoms with Crippen LogP contribution in [-0.4, -0.2) is 0 Å². The highest BCUT2D eigenvalue weighted by molar-refractivity contribution is 9.10. The van der Waals surface area contributed by atoms with Crippen LogP contribution in [0.1, 0.15) is 10.4 Å². The maximum Gasteiger partial charge on any atom is 0.0992 e. The molecule has 0 saturated heterocycles. The summed E-state index contributed by atoms with van der Waals surface area (Å²) in [5, 5.41) is 14.2. The Bertz CT molecular complexity index is 572. The van der Waals surface area contributed by atoms with Crippen molar-refractivity contribution in [2.45, 2.75) is 6.54 Å². The number of nitrogens with zero attached hydrogens (tertiary/aromatic N) is 1. The molecule has 5 heteroatoms. The van der Waals surface area contributed by atoms with Gasteiger partial charge in [-0.1, -0.05) is 15.9 Å². The van der Waals surface area contributed by atoms with Crippen LogP contribution in [0.4, 0.5) is 5.69 Å². The lowest BCUT2D eigenvalue weighted by atomic mass is 10.2. The number of anilines is 1. The second kappa shape index (κ2) is 5.67. The molecule has 0 radical (unpaired) electrons. The fourth-order valence-electron chi connectivity index (χ4n) is 1.39. The SMILES string of the molecule is N#Cc1cc(Br)cc(NCc2sccc2Br)c1. The molecule has 0 aliphatic heterocycles. The van der Waals surface area contributed by atoms with Crippen LogP contribution in [0.5, 0.6) is 0 Å². The Labute approximate surface area is 121 Å². The molecule has 0 aliphatic rings. The molecule has 1 heterocycles. The summed E-state index contributed by atoms with van der Waals surface area (Å²) < 4.78 is 2.02. The first-order valence-corrected chi connectivity index (χ1v) is 7.32. The Morgan fingerprint density at radius 3 is 2.76 bits per heavy atom. The van der Waals surface area contributed by atoms with Crippen molar-refractivity contribution in [3.05, 3.63) is 49.0 Å². The van der Waals surface area contributed by atoms with Gasteiger partial charge in [0, 0.05) is 19.5 Å². The number of benzene rings is 1. The Morgan fingerprint density at radius 1 is 1.29 bits per heavy atom. The molecule has 0 aliphatic carbocycles. The number of hydrogen-bond acceptors (Lipinski definition) is 3. The van der Waals surface area contributed by atoms with Crippen LogP contribution in [0.25, 0.3) is 0 Å². The molecule has 86 valence electrons. The first-order chi connectivity index (χ1) is 8.19. The van der Waals surface area contributed by atoms with Crippen LogP contribution in [0, 0.1) is 11.3 Å². The molecule has 2 rings (SSSR count). The molecule has 0 bridgehead atoms. The molecular formula is C12H8Br2N2S. The van der Waals surface area contributed by atoms with Gasteiger partial charge in [0.15, 0.2) is 0 Å². The number of hydrogen-bond donors (Lipinski definition) is 1. The van der Waals surface area contributed by atoms with Crippen molar-refractivity contribution < 1.29 is 0 Å². The molecule has 2 aromatic rings. The normalized spacial score (nSPS) is 9.94. The van der Waals surface area contributed by atoms with E-state index in [4.69, 9.17) is 5.26 Å². The molecule has 2 nitrogen and oxygen atoms in total. The van der Waals surface area contributed by atoms with Gasteiger partial charge in [0.1, 0.15) is 0 Å². The van der Waals surface area contributed by atoms with Crippen molar-refractivity contribution in [3.8, 4) is 6.07 Å². The number of nitrogens with one attached hydrogen (secondary N) is 1. The lowest BCUT2D eigenvalue weighted by Gasteiger charge is -2.06. The Balaban J connectivity index is 2.12. The van der Waals surface area contributed by atoms with Crippen LogP contribution < -0.4 is 5.32 Å². The second-order valence-corrected chi connectivity index (χ2v) is 6.16. The van der Waals surface area contributed by atoms with Gasteiger partial charge < -0.3 is 5.32 Å². The Morgan fingerprint density at radius 2 is 2.12 bits per heavy atom. The summed E-state index contributed by atoms with van der Waals surface area (Å²) in [5.74, 6) is 0. The van der Waals surface area contributed by atoms with E-state index in [1.807, 2.05) is 23.6 Å². The van der Waals surface area contributed by atoms with E-state index in [2.05, 4.69) is 43.2 Å². The van der Waals surface area contributed by atoms with E-state index < -0.39 is 0 Å². The van der Waals surface area contributed by atoms with Gasteiger partial charge in [0.25, 0.3) is 0 Å². The van der Waals surface area contributed by atoms with Gasteiger partial charge in [-0.15, -0.1) is 11.3 Å². The van der Waals surface area contributed by atoms with E-state index >= 15 is 0 Å². The fourth-order valence-corrected chi connectivity index (χ4v) is 3.32. The minimum atomic E-state index is 0.645. The molecule has 0 saturated carbocycles. The van der Waals surface area contributed by atoms with Gasteiger partial charge in [-0.25, -0.2) is 0 Å². The van der Waals surface area contributed by atoms with Gasteiger partial charge >= 0.3 is 0 Å². The topological polar surface area (TPSA) is 35.8 Å². The molecule has 1 aromatic heterocycles. The molecule has 1 N–H and O–H groups in total. The molecular weight excluding hydrogens is 364 g/mol. The van der Waals surface area contributed by atoms with E-state index in [-0.39, 0.29) is 0 Å². The third-order valence-corrected chi connectivity index (χ3v) is 4.56. The zero-order valence-electron chi connectivity index (χ0n) is 8.71. The first-order valence-electron chi connectivity index (χ1n) is 4.85. The lowest BCUT2D eigenvalue weighted by molar-refractivity contribution is 1.18. The fraction of sp³-hybridized carbons (Fsp3) is 0.0833. The highest BCUT2D eigenvalue weighted by Gasteiger charge is 2.02. The molecule has 17 heavy (non-hydrogen) atoms. The van der Waals surface area contributed by atoms with Gasteiger partial charge in [0.05, 0.1) is 18.2 Å². The molecule has 0 amide bonds. The standard InChI is InChI=1S/C12H8Br2N2S/c13-9-3-8(6-15)4-10(5-9)16-7-12-11(14)1-2-17-12/h1-5,16H,7H2. The summed E-state index contributed by atoms with van der Waals surface area (Å²) in [5.41, 5.74) is 1.59. The number of thiophene rings is 1. The Kier molecular flexibility index (Phi) is 4.21. The van der Waals surface area contributed by atoms with Crippen LogP contribution in [0.3, 0.4) is 0 Å². The third kappa shape index (κ3) is 3.32. The van der Waals surface area contributed by atoms with Crippen LogP contribution in [-0.2, 0) is 6.54 Å². The summed E-state index contributed by atoms with van der Waals surface area (Å²) in [7, 11) is 0. The maximum absolute atomic E-state index is 8.88. The van der Waals surface area contributed by atoms with Crippen LogP contribution in [0.15, 0.2) is 38.6 Å². The average molecular weight is 372 g/mol. The van der Waals surface area contributed by atoms with E-state index in [0.717, 1.165) is 21.2 Å². The highest BCUT2D eigenvalue weighted by atomic mass is 79.9. The van der Waals surface area contributed by atoms with Gasteiger partial charge in [-0.05, 0) is 45.6 Å². The van der Waals surface area contributed by atoms with Crippen LogP contribution in [0.2, 0.25) is 0 Å². The summed E-state index contributed by atoms with van der Waals surface area (Å²) in [6, 6.07) is 9.77. The average Bonchev–Trinajstić information content (AvgIpc) is 2.71. The molecule has 0 unspecified atom stereocenters. The van der Waals surface area contributed by atoms with E-state index in [1.165, 1.54) is 4.88 Å². The first kappa shape index (κ1) is 12.6. The zero-order chi connectivity index (χ0) is 12.3. The third-order valence-electron chi connectivity index (χ3n) is 2.17. The van der Waals surface area contributed by atoms with Crippen molar-refractivity contribution in [1.82, 2.24) is 0 Å². The Hall–Kier alpha value is -0.830. The lowest BCUT2D eigenvalue weighted by Crippen LogP contribution is -1.98. The zero-order valence-corrected chi connectivity index (χ0v) is 12.7.